The number of aliphatic hydroxyl groups is 1. The Morgan fingerprint density at radius 2 is 1.97 bits per heavy atom. The normalized spacial score (nSPS) is 35.1. The number of hydrogen-bond acceptors (Lipinski definition) is 5. The van der Waals surface area contributed by atoms with Gasteiger partial charge in [0.15, 0.2) is 0 Å². The van der Waals surface area contributed by atoms with Crippen molar-refractivity contribution in [1.82, 2.24) is 10.2 Å². The maximum atomic E-state index is 14.1. The number of rotatable bonds is 7. The number of amides is 3. The smallest absolute Gasteiger partial charge is 0.250 e. The number of likely N-dealkylation sites (tertiary alicyclic amines) is 1. The second-order valence-electron chi connectivity index (χ2n) is 11.0. The molecular formula is C27H39N3O5. The van der Waals surface area contributed by atoms with Gasteiger partial charge in [0.1, 0.15) is 11.6 Å². The van der Waals surface area contributed by atoms with Crippen LogP contribution in [0.25, 0.3) is 0 Å². The Hall–Kier alpha value is -2.45. The third kappa shape index (κ3) is 3.59. The van der Waals surface area contributed by atoms with E-state index >= 15 is 0 Å². The number of fused-ring (bicyclic) bond motifs is 1. The largest absolute Gasteiger partial charge is 0.394 e. The van der Waals surface area contributed by atoms with Gasteiger partial charge in [0.25, 0.3) is 0 Å². The van der Waals surface area contributed by atoms with Crippen molar-refractivity contribution in [2.75, 3.05) is 19.0 Å². The summed E-state index contributed by atoms with van der Waals surface area (Å²) in [5, 5.41) is 16.2. The minimum atomic E-state index is -1.13. The summed E-state index contributed by atoms with van der Waals surface area (Å²) in [6.45, 7) is 11.5. The van der Waals surface area contributed by atoms with Gasteiger partial charge in [-0.1, -0.05) is 39.3 Å². The summed E-state index contributed by atoms with van der Waals surface area (Å²) in [5.41, 5.74) is 0.615. The lowest BCUT2D eigenvalue weighted by Crippen LogP contribution is -2.57. The first-order valence-electron chi connectivity index (χ1n) is 12.7. The molecule has 3 saturated heterocycles. The SMILES string of the molecule is CC[C@H](C)[C@H](CO)N1C(=O)[C@@H]2[C@H](C(=O)NC)[C@@]3(C)OC2(CC3C)C1C(=O)Nc1cc(C)ccc1C. The van der Waals surface area contributed by atoms with Crippen LogP contribution in [-0.2, 0) is 19.1 Å². The van der Waals surface area contributed by atoms with Crippen LogP contribution in [0.5, 0.6) is 0 Å². The van der Waals surface area contributed by atoms with Crippen molar-refractivity contribution in [3.63, 3.8) is 0 Å². The maximum Gasteiger partial charge on any atom is 0.250 e. The molecule has 3 unspecified atom stereocenters. The predicted molar refractivity (Wildman–Crippen MR) is 133 cm³/mol. The molecule has 3 aliphatic rings. The van der Waals surface area contributed by atoms with E-state index < -0.39 is 35.1 Å². The van der Waals surface area contributed by atoms with Crippen LogP contribution >= 0.6 is 0 Å². The van der Waals surface area contributed by atoms with Crippen LogP contribution in [0.2, 0.25) is 0 Å². The predicted octanol–water partition coefficient (Wildman–Crippen LogP) is 2.41. The topological polar surface area (TPSA) is 108 Å². The van der Waals surface area contributed by atoms with Crippen LogP contribution in [-0.4, -0.2) is 64.7 Å². The van der Waals surface area contributed by atoms with Crippen molar-refractivity contribution in [3.05, 3.63) is 29.3 Å². The first kappa shape index (κ1) is 25.6. The molecule has 1 spiro atoms. The molecule has 3 aliphatic heterocycles. The Kier molecular flexibility index (Phi) is 6.51. The Balaban J connectivity index is 1.85. The highest BCUT2D eigenvalue weighted by molar-refractivity contribution is 6.04. The van der Waals surface area contributed by atoms with Crippen molar-refractivity contribution in [2.45, 2.75) is 77.7 Å². The summed E-state index contributed by atoms with van der Waals surface area (Å²) in [4.78, 5) is 42.9. The summed E-state index contributed by atoms with van der Waals surface area (Å²) >= 11 is 0. The molecule has 3 fully saturated rings. The van der Waals surface area contributed by atoms with Gasteiger partial charge in [-0.15, -0.1) is 0 Å². The number of ether oxygens (including phenoxy) is 1. The second-order valence-corrected chi connectivity index (χ2v) is 11.0. The van der Waals surface area contributed by atoms with E-state index in [-0.39, 0.29) is 36.2 Å². The fourth-order valence-electron chi connectivity index (χ4n) is 6.77. The molecule has 8 nitrogen and oxygen atoms in total. The van der Waals surface area contributed by atoms with E-state index in [1.807, 2.05) is 59.7 Å². The monoisotopic (exact) mass is 485 g/mol. The lowest BCUT2D eigenvalue weighted by Gasteiger charge is -2.39. The van der Waals surface area contributed by atoms with Crippen molar-refractivity contribution in [2.24, 2.45) is 23.7 Å². The van der Waals surface area contributed by atoms with Crippen molar-refractivity contribution >= 4 is 23.4 Å². The molecular weight excluding hydrogens is 446 g/mol. The van der Waals surface area contributed by atoms with Crippen LogP contribution < -0.4 is 10.6 Å². The Labute approximate surface area is 207 Å². The van der Waals surface area contributed by atoms with E-state index in [1.165, 1.54) is 0 Å². The minimum absolute atomic E-state index is 0.0269. The summed E-state index contributed by atoms with van der Waals surface area (Å²) < 4.78 is 6.69. The van der Waals surface area contributed by atoms with E-state index in [9.17, 15) is 19.5 Å². The third-order valence-electron chi connectivity index (χ3n) is 9.03. The standard InChI is InChI=1S/C27H39N3O5/c1-8-15(3)19(13-31)30-22(24(33)29-18-11-14(2)9-10-16(18)4)27-12-17(5)26(6,35-27)20(23(32)28-7)21(27)25(30)34/h9-11,15,17,19-22,31H,8,12-13H2,1-7H3,(H,28,32)(H,29,33)/t15-,17?,19-,20+,21-,22?,26-,27?/m0/s1. The molecule has 3 amide bonds. The maximum absolute atomic E-state index is 14.1. The number of aryl methyl sites for hydroxylation is 2. The molecule has 3 heterocycles. The van der Waals surface area contributed by atoms with E-state index in [4.69, 9.17) is 4.74 Å². The highest BCUT2D eigenvalue weighted by Crippen LogP contribution is 2.65. The first-order chi connectivity index (χ1) is 16.5. The Morgan fingerprint density at radius 3 is 2.57 bits per heavy atom. The first-order valence-corrected chi connectivity index (χ1v) is 12.7. The van der Waals surface area contributed by atoms with Crippen LogP contribution in [0.1, 0.15) is 51.7 Å². The van der Waals surface area contributed by atoms with Crippen molar-refractivity contribution < 1.29 is 24.2 Å². The lowest BCUT2D eigenvalue weighted by molar-refractivity contribution is -0.150. The fourth-order valence-corrected chi connectivity index (χ4v) is 6.77. The average Bonchev–Trinajstić information content (AvgIpc) is 3.33. The van der Waals surface area contributed by atoms with Gasteiger partial charge in [0, 0.05) is 12.7 Å². The zero-order chi connectivity index (χ0) is 25.9. The minimum Gasteiger partial charge on any atom is -0.394 e. The molecule has 2 bridgehead atoms. The Bertz CT molecular complexity index is 1040. The second kappa shape index (κ2) is 8.89. The number of nitrogens with one attached hydrogen (secondary N) is 2. The molecule has 8 heteroatoms. The van der Waals surface area contributed by atoms with Gasteiger partial charge < -0.3 is 25.4 Å². The zero-order valence-corrected chi connectivity index (χ0v) is 21.8. The quantitative estimate of drug-likeness (QED) is 0.550. The molecule has 0 radical (unpaired) electrons. The van der Waals surface area contributed by atoms with Gasteiger partial charge in [-0.2, -0.15) is 0 Å². The fraction of sp³-hybridized carbons (Fsp3) is 0.667. The molecule has 1 aromatic rings. The molecule has 3 N–H and O–H groups in total. The van der Waals surface area contributed by atoms with Crippen LogP contribution in [0, 0.1) is 37.5 Å². The molecule has 8 atom stereocenters. The number of carbonyl (C=O) groups is 3. The highest BCUT2D eigenvalue weighted by atomic mass is 16.5. The van der Waals surface area contributed by atoms with Gasteiger partial charge in [-0.05, 0) is 56.2 Å². The third-order valence-corrected chi connectivity index (χ3v) is 9.03. The van der Waals surface area contributed by atoms with E-state index in [1.54, 1.807) is 11.9 Å². The lowest BCUT2D eigenvalue weighted by atomic mass is 9.62. The average molecular weight is 486 g/mol. The molecule has 0 aliphatic carbocycles. The van der Waals surface area contributed by atoms with Gasteiger partial charge in [0.05, 0.1) is 30.1 Å². The van der Waals surface area contributed by atoms with Crippen LogP contribution in [0.3, 0.4) is 0 Å². The summed E-state index contributed by atoms with van der Waals surface area (Å²) in [5.74, 6) is -2.43. The van der Waals surface area contributed by atoms with Crippen LogP contribution in [0.4, 0.5) is 5.69 Å². The van der Waals surface area contributed by atoms with E-state index in [2.05, 4.69) is 10.6 Å². The molecule has 0 saturated carbocycles. The van der Waals surface area contributed by atoms with E-state index in [0.717, 1.165) is 17.5 Å². The Morgan fingerprint density at radius 1 is 1.29 bits per heavy atom. The van der Waals surface area contributed by atoms with E-state index in [0.29, 0.717) is 12.1 Å². The zero-order valence-electron chi connectivity index (χ0n) is 21.8. The molecule has 35 heavy (non-hydrogen) atoms. The molecule has 1 aromatic carbocycles. The number of hydrogen-bond donors (Lipinski definition) is 3. The number of aliphatic hydroxyl groups excluding tert-OH is 1. The molecule has 4 rings (SSSR count). The number of nitrogens with zero attached hydrogens (tertiary/aromatic N) is 1. The molecule has 0 aromatic heterocycles. The molecule has 192 valence electrons. The van der Waals surface area contributed by atoms with Crippen molar-refractivity contribution in [1.29, 1.82) is 0 Å². The summed E-state index contributed by atoms with van der Waals surface area (Å²) in [7, 11) is 1.56. The highest BCUT2D eigenvalue weighted by Gasteiger charge is 2.80. The van der Waals surface area contributed by atoms with Gasteiger partial charge in [0.2, 0.25) is 17.7 Å². The van der Waals surface area contributed by atoms with Gasteiger partial charge >= 0.3 is 0 Å². The van der Waals surface area contributed by atoms with Crippen molar-refractivity contribution in [3.8, 4) is 0 Å². The summed E-state index contributed by atoms with van der Waals surface area (Å²) in [6, 6.07) is 4.32. The summed E-state index contributed by atoms with van der Waals surface area (Å²) in [6.07, 6.45) is 1.22. The number of carbonyl (C=O) groups excluding carboxylic acids is 3. The number of benzene rings is 1. The van der Waals surface area contributed by atoms with Crippen LogP contribution in [0.15, 0.2) is 18.2 Å². The van der Waals surface area contributed by atoms with Gasteiger partial charge in [-0.25, -0.2) is 0 Å². The van der Waals surface area contributed by atoms with Gasteiger partial charge in [-0.3, -0.25) is 14.4 Å². The number of anilines is 1.